The highest BCUT2D eigenvalue weighted by Gasteiger charge is 2.33. The normalized spacial score (nSPS) is 13.6. The molecule has 2 aliphatic carbocycles. The summed E-state index contributed by atoms with van der Waals surface area (Å²) in [6.07, 6.45) is 0.941. The van der Waals surface area contributed by atoms with Crippen LogP contribution in [0.25, 0.3) is 22.3 Å². The zero-order chi connectivity index (χ0) is 34.4. The molecule has 2 aliphatic rings. The lowest BCUT2D eigenvalue weighted by molar-refractivity contribution is 0.142. The highest BCUT2D eigenvalue weighted by molar-refractivity contribution is 6.84. The third-order valence-electron chi connectivity index (χ3n) is 9.69. The average molecular weight is 693 g/mol. The summed E-state index contributed by atoms with van der Waals surface area (Å²) in [6.45, 7) is 10.8. The molecule has 0 bridgehead atoms. The standard InChI is InChI=1S/C40H48N2O5Si2/c1-48(2,25-13-23-41-39(43)45-27-37-33-19-9-5-15-29(33)30-16-6-10-20-34(30)37)47-49(3,4)26-14-24-42-40(44)46-28-38-35-21-11-7-17-31(35)32-18-8-12-22-36(32)38/h5-12,15-22,37-38H,13-14,23-28H2,1-4H3,(H,41,43)(H,42,44). The van der Waals surface area contributed by atoms with Crippen molar-refractivity contribution in [3.05, 3.63) is 119 Å². The van der Waals surface area contributed by atoms with Crippen molar-refractivity contribution in [2.45, 2.75) is 63.0 Å². The van der Waals surface area contributed by atoms with E-state index in [0.29, 0.717) is 26.3 Å². The molecule has 256 valence electrons. The van der Waals surface area contributed by atoms with Crippen LogP contribution in [0.2, 0.25) is 38.3 Å². The molecule has 9 heteroatoms. The predicted octanol–water partition coefficient (Wildman–Crippen LogP) is 9.27. The van der Waals surface area contributed by atoms with Crippen LogP contribution >= 0.6 is 0 Å². The Labute approximate surface area is 292 Å². The first-order valence-electron chi connectivity index (χ1n) is 17.5. The van der Waals surface area contributed by atoms with Gasteiger partial charge in [0.2, 0.25) is 0 Å². The van der Waals surface area contributed by atoms with Gasteiger partial charge in [-0.25, -0.2) is 9.59 Å². The number of fused-ring (bicyclic) bond motifs is 6. The number of carbonyl (C=O) groups excluding carboxylic acids is 2. The van der Waals surface area contributed by atoms with Gasteiger partial charge in [-0.3, -0.25) is 0 Å². The molecule has 0 atom stereocenters. The summed E-state index contributed by atoms with van der Waals surface area (Å²) in [4.78, 5) is 25.2. The minimum absolute atomic E-state index is 0.0548. The minimum atomic E-state index is -1.94. The lowest BCUT2D eigenvalue weighted by Crippen LogP contribution is -2.45. The maximum atomic E-state index is 12.6. The van der Waals surface area contributed by atoms with Crippen molar-refractivity contribution in [2.75, 3.05) is 26.3 Å². The van der Waals surface area contributed by atoms with Crippen LogP contribution in [0.4, 0.5) is 9.59 Å². The maximum Gasteiger partial charge on any atom is 0.407 e. The monoisotopic (exact) mass is 692 g/mol. The van der Waals surface area contributed by atoms with E-state index < -0.39 is 16.6 Å². The van der Waals surface area contributed by atoms with E-state index in [-0.39, 0.29) is 24.0 Å². The molecule has 2 N–H and O–H groups in total. The fourth-order valence-corrected chi connectivity index (χ4v) is 16.4. The first-order valence-corrected chi connectivity index (χ1v) is 23.7. The molecule has 0 saturated carbocycles. The van der Waals surface area contributed by atoms with Crippen molar-refractivity contribution in [1.82, 2.24) is 10.6 Å². The second-order valence-electron chi connectivity index (χ2n) is 14.3. The van der Waals surface area contributed by atoms with Crippen LogP contribution in [-0.2, 0) is 13.6 Å². The molecule has 0 radical (unpaired) electrons. The van der Waals surface area contributed by atoms with Crippen LogP contribution in [0.3, 0.4) is 0 Å². The van der Waals surface area contributed by atoms with Crippen molar-refractivity contribution in [2.24, 2.45) is 0 Å². The molecule has 2 amide bonds. The molecule has 0 unspecified atom stereocenters. The van der Waals surface area contributed by atoms with Crippen LogP contribution in [0.5, 0.6) is 0 Å². The van der Waals surface area contributed by atoms with E-state index >= 15 is 0 Å². The summed E-state index contributed by atoms with van der Waals surface area (Å²) in [5, 5.41) is 5.89. The fourth-order valence-electron chi connectivity index (χ4n) is 7.56. The molecule has 4 aromatic carbocycles. The van der Waals surface area contributed by atoms with E-state index in [4.69, 9.17) is 13.6 Å². The second-order valence-corrected chi connectivity index (χ2v) is 23.2. The van der Waals surface area contributed by atoms with E-state index in [0.717, 1.165) is 24.9 Å². The Kier molecular flexibility index (Phi) is 10.7. The fraction of sp³-hybridized carbons (Fsp3) is 0.350. The van der Waals surface area contributed by atoms with Crippen molar-refractivity contribution in [3.63, 3.8) is 0 Å². The molecule has 0 aromatic heterocycles. The third kappa shape index (κ3) is 8.34. The summed E-state index contributed by atoms with van der Waals surface area (Å²) in [5.74, 6) is 0.110. The molecule has 4 aromatic rings. The van der Waals surface area contributed by atoms with Crippen LogP contribution in [0.15, 0.2) is 97.1 Å². The Balaban J connectivity index is 0.863. The van der Waals surface area contributed by atoms with Crippen molar-refractivity contribution < 1.29 is 23.2 Å². The minimum Gasteiger partial charge on any atom is -0.455 e. The van der Waals surface area contributed by atoms with Gasteiger partial charge in [0.1, 0.15) is 13.2 Å². The molecule has 7 nitrogen and oxygen atoms in total. The number of nitrogens with one attached hydrogen (secondary N) is 2. The van der Waals surface area contributed by atoms with Gasteiger partial charge in [-0.15, -0.1) is 0 Å². The third-order valence-corrected chi connectivity index (χ3v) is 17.2. The molecule has 6 rings (SSSR count). The van der Waals surface area contributed by atoms with E-state index in [1.807, 2.05) is 24.3 Å². The maximum absolute atomic E-state index is 12.6. The van der Waals surface area contributed by atoms with Crippen LogP contribution in [0, 0.1) is 0 Å². The molecule has 0 heterocycles. The highest BCUT2D eigenvalue weighted by Crippen LogP contribution is 2.45. The highest BCUT2D eigenvalue weighted by atomic mass is 28.4. The summed E-state index contributed by atoms with van der Waals surface area (Å²) in [7, 11) is -3.88. The van der Waals surface area contributed by atoms with Crippen LogP contribution in [0.1, 0.15) is 46.9 Å². The van der Waals surface area contributed by atoms with Gasteiger partial charge < -0.3 is 24.2 Å². The summed E-state index contributed by atoms with van der Waals surface area (Å²) in [6, 6.07) is 35.3. The molecule has 0 fully saturated rings. The molecular weight excluding hydrogens is 645 g/mol. The lowest BCUT2D eigenvalue weighted by Gasteiger charge is -2.34. The molecule has 49 heavy (non-hydrogen) atoms. The van der Waals surface area contributed by atoms with Gasteiger partial charge in [-0.1, -0.05) is 97.1 Å². The molecule has 0 aliphatic heterocycles. The number of hydrogen-bond acceptors (Lipinski definition) is 5. The van der Waals surface area contributed by atoms with E-state index in [9.17, 15) is 9.59 Å². The largest absolute Gasteiger partial charge is 0.455 e. The van der Waals surface area contributed by atoms with Gasteiger partial charge in [-0.2, -0.15) is 0 Å². The molecular formula is C40H48N2O5Si2. The molecule has 0 spiro atoms. The summed E-state index contributed by atoms with van der Waals surface area (Å²) < 4.78 is 18.2. The summed E-state index contributed by atoms with van der Waals surface area (Å²) in [5.41, 5.74) is 9.72. The Hall–Kier alpha value is -4.19. The SMILES string of the molecule is C[Si](C)(CCCNC(=O)OCC1c2ccccc2-c2ccccc21)O[Si](C)(C)CCCNC(=O)OCC1c2ccccc2-c2ccccc21. The van der Waals surface area contributed by atoms with E-state index in [1.165, 1.54) is 44.5 Å². The zero-order valence-corrected chi connectivity index (χ0v) is 31.1. The van der Waals surface area contributed by atoms with Crippen LogP contribution in [-0.4, -0.2) is 55.1 Å². The van der Waals surface area contributed by atoms with Crippen LogP contribution < -0.4 is 10.6 Å². The van der Waals surface area contributed by atoms with Gasteiger partial charge >= 0.3 is 12.2 Å². The number of hydrogen-bond donors (Lipinski definition) is 2. The predicted molar refractivity (Wildman–Crippen MR) is 201 cm³/mol. The number of ether oxygens (including phenoxy) is 2. The average Bonchev–Trinajstić information content (AvgIpc) is 3.59. The number of rotatable bonds is 14. The number of carbonyl (C=O) groups is 2. The van der Waals surface area contributed by atoms with E-state index in [1.54, 1.807) is 0 Å². The second kappa shape index (κ2) is 15.1. The Morgan fingerprint density at radius 1 is 0.531 bits per heavy atom. The molecule has 0 saturated heterocycles. The van der Waals surface area contributed by atoms with Gasteiger partial charge in [-0.05, 0) is 95.6 Å². The van der Waals surface area contributed by atoms with Crippen molar-refractivity contribution in [3.8, 4) is 22.3 Å². The summed E-state index contributed by atoms with van der Waals surface area (Å²) >= 11 is 0. The van der Waals surface area contributed by atoms with Gasteiger partial charge in [0, 0.05) is 24.9 Å². The van der Waals surface area contributed by atoms with Gasteiger partial charge in [0.25, 0.3) is 0 Å². The number of benzene rings is 4. The Morgan fingerprint density at radius 2 is 0.837 bits per heavy atom. The lowest BCUT2D eigenvalue weighted by atomic mass is 9.98. The zero-order valence-electron chi connectivity index (χ0n) is 29.1. The first-order chi connectivity index (χ1) is 23.6. The van der Waals surface area contributed by atoms with Gasteiger partial charge in [0.15, 0.2) is 16.6 Å². The Bertz CT molecular complexity index is 1570. The number of amides is 2. The smallest absolute Gasteiger partial charge is 0.407 e. The van der Waals surface area contributed by atoms with Crippen molar-refractivity contribution >= 4 is 28.8 Å². The quantitative estimate of drug-likeness (QED) is 0.102. The topological polar surface area (TPSA) is 85.9 Å². The van der Waals surface area contributed by atoms with Crippen molar-refractivity contribution in [1.29, 1.82) is 0 Å². The number of alkyl carbamates (subject to hydrolysis) is 2. The first kappa shape index (κ1) is 34.7. The van der Waals surface area contributed by atoms with E-state index in [2.05, 4.69) is 110 Å². The Morgan fingerprint density at radius 3 is 1.16 bits per heavy atom. The van der Waals surface area contributed by atoms with Gasteiger partial charge in [0.05, 0.1) is 0 Å².